The van der Waals surface area contributed by atoms with Crippen LogP contribution in [0.25, 0.3) is 0 Å². The van der Waals surface area contributed by atoms with Gasteiger partial charge in [0.25, 0.3) is 0 Å². The summed E-state index contributed by atoms with van der Waals surface area (Å²) in [5.74, 6) is 0. The molecule has 0 amide bonds. The lowest BCUT2D eigenvalue weighted by atomic mass is 10.2. The molecule has 2 aromatic rings. The van der Waals surface area contributed by atoms with Crippen molar-refractivity contribution in [3.63, 3.8) is 0 Å². The van der Waals surface area contributed by atoms with Gasteiger partial charge in [-0.25, -0.2) is 4.98 Å². The molecule has 0 radical (unpaired) electrons. The van der Waals surface area contributed by atoms with Crippen LogP contribution in [-0.4, -0.2) is 14.8 Å². The quantitative estimate of drug-likeness (QED) is 0.899. The summed E-state index contributed by atoms with van der Waals surface area (Å²) in [5.41, 5.74) is 6.33. The highest BCUT2D eigenvalue weighted by molar-refractivity contribution is 7.11. The summed E-state index contributed by atoms with van der Waals surface area (Å²) in [7, 11) is 1.71. The summed E-state index contributed by atoms with van der Waals surface area (Å²) >= 11 is 0.542. The van der Waals surface area contributed by atoms with Crippen LogP contribution in [0, 0.1) is 0 Å². The van der Waals surface area contributed by atoms with E-state index in [9.17, 15) is 13.2 Å². The first-order valence-electron chi connectivity index (χ1n) is 4.66. The van der Waals surface area contributed by atoms with Gasteiger partial charge in [-0.1, -0.05) is 0 Å². The molecule has 2 rings (SSSR count). The molecule has 0 saturated heterocycles. The zero-order valence-electron chi connectivity index (χ0n) is 8.77. The Morgan fingerprint density at radius 3 is 2.65 bits per heavy atom. The maximum absolute atomic E-state index is 12.4. The molecule has 0 aliphatic carbocycles. The Morgan fingerprint density at radius 1 is 1.47 bits per heavy atom. The fourth-order valence-corrected chi connectivity index (χ4v) is 2.10. The van der Waals surface area contributed by atoms with E-state index in [4.69, 9.17) is 5.73 Å². The van der Waals surface area contributed by atoms with E-state index in [0.717, 1.165) is 6.20 Å². The summed E-state index contributed by atoms with van der Waals surface area (Å²) in [6.07, 6.45) is -1.60. The van der Waals surface area contributed by atoms with Crippen molar-refractivity contribution in [2.24, 2.45) is 12.8 Å². The number of halogens is 3. The first-order valence-corrected chi connectivity index (χ1v) is 5.47. The van der Waals surface area contributed by atoms with Crippen molar-refractivity contribution in [1.82, 2.24) is 14.8 Å². The summed E-state index contributed by atoms with van der Waals surface area (Å²) in [4.78, 5) is 3.66. The molecule has 2 heterocycles. The van der Waals surface area contributed by atoms with E-state index in [1.54, 1.807) is 24.0 Å². The van der Waals surface area contributed by atoms with Crippen molar-refractivity contribution in [3.05, 3.63) is 34.0 Å². The minimum Gasteiger partial charge on any atom is -0.318 e. The van der Waals surface area contributed by atoms with Crippen LogP contribution in [0.2, 0.25) is 0 Å². The Bertz CT molecular complexity index is 516. The van der Waals surface area contributed by atoms with Crippen molar-refractivity contribution >= 4 is 11.3 Å². The lowest BCUT2D eigenvalue weighted by molar-refractivity contribution is -0.137. The minimum atomic E-state index is -4.42. The maximum Gasteiger partial charge on any atom is 0.443 e. The average molecular weight is 262 g/mol. The number of thiazole rings is 1. The molecule has 0 saturated carbocycles. The van der Waals surface area contributed by atoms with Gasteiger partial charge in [0.1, 0.15) is 0 Å². The largest absolute Gasteiger partial charge is 0.443 e. The second-order valence-corrected chi connectivity index (χ2v) is 4.52. The second-order valence-electron chi connectivity index (χ2n) is 3.46. The van der Waals surface area contributed by atoms with Crippen LogP contribution in [0.15, 0.2) is 18.5 Å². The van der Waals surface area contributed by atoms with Crippen molar-refractivity contribution in [1.29, 1.82) is 0 Å². The Balaban J connectivity index is 2.26. The van der Waals surface area contributed by atoms with Gasteiger partial charge in [0.15, 0.2) is 5.01 Å². The number of aromatic nitrogens is 3. The molecule has 8 heteroatoms. The van der Waals surface area contributed by atoms with E-state index in [-0.39, 0.29) is 0 Å². The number of hydrogen-bond acceptors (Lipinski definition) is 4. The maximum atomic E-state index is 12.4. The molecule has 1 unspecified atom stereocenters. The molecule has 2 aromatic heterocycles. The van der Waals surface area contributed by atoms with Gasteiger partial charge in [-0.15, -0.1) is 11.3 Å². The molecule has 0 spiro atoms. The third-order valence-corrected chi connectivity index (χ3v) is 3.25. The molecule has 92 valence electrons. The predicted octanol–water partition coefficient (Wildman–Crippen LogP) is 1.94. The van der Waals surface area contributed by atoms with E-state index in [1.807, 2.05) is 0 Å². The van der Waals surface area contributed by atoms with E-state index in [0.29, 0.717) is 21.9 Å². The zero-order chi connectivity index (χ0) is 12.6. The van der Waals surface area contributed by atoms with Gasteiger partial charge in [0.05, 0.1) is 11.7 Å². The van der Waals surface area contributed by atoms with Crippen molar-refractivity contribution in [2.45, 2.75) is 12.2 Å². The monoisotopic (exact) mass is 262 g/mol. The number of rotatable bonds is 2. The lowest BCUT2D eigenvalue weighted by Gasteiger charge is -2.04. The topological polar surface area (TPSA) is 56.7 Å². The van der Waals surface area contributed by atoms with Crippen molar-refractivity contribution in [2.75, 3.05) is 0 Å². The van der Waals surface area contributed by atoms with Gasteiger partial charge in [-0.05, 0) is 6.07 Å². The highest BCUT2D eigenvalue weighted by Crippen LogP contribution is 2.34. The summed E-state index contributed by atoms with van der Waals surface area (Å²) in [5, 5.41) is 3.16. The molecule has 1 atom stereocenters. The summed E-state index contributed by atoms with van der Waals surface area (Å²) < 4.78 is 38.6. The molecule has 0 aromatic carbocycles. The average Bonchev–Trinajstić information content (AvgIpc) is 2.83. The smallest absolute Gasteiger partial charge is 0.318 e. The van der Waals surface area contributed by atoms with Crippen LogP contribution in [0.3, 0.4) is 0 Å². The van der Waals surface area contributed by atoms with Crippen molar-refractivity contribution < 1.29 is 13.2 Å². The first-order chi connectivity index (χ1) is 7.88. The zero-order valence-corrected chi connectivity index (χ0v) is 9.59. The van der Waals surface area contributed by atoms with Crippen LogP contribution in [0.1, 0.15) is 21.6 Å². The van der Waals surface area contributed by atoms with Gasteiger partial charge in [-0.3, -0.25) is 4.68 Å². The predicted molar refractivity (Wildman–Crippen MR) is 56.4 cm³/mol. The number of hydrogen-bond donors (Lipinski definition) is 1. The van der Waals surface area contributed by atoms with E-state index in [2.05, 4.69) is 10.1 Å². The summed E-state index contributed by atoms with van der Waals surface area (Å²) in [6.45, 7) is 0. The molecule has 4 nitrogen and oxygen atoms in total. The van der Waals surface area contributed by atoms with Gasteiger partial charge < -0.3 is 5.73 Å². The van der Waals surface area contributed by atoms with E-state index in [1.165, 1.54) is 0 Å². The molecule has 0 aliphatic rings. The minimum absolute atomic E-state index is 0.344. The third-order valence-electron chi connectivity index (χ3n) is 2.13. The molecule has 0 aliphatic heterocycles. The van der Waals surface area contributed by atoms with E-state index < -0.39 is 17.2 Å². The highest BCUT2D eigenvalue weighted by atomic mass is 32.1. The molecular weight excluding hydrogens is 253 g/mol. The Labute approximate surface area is 98.9 Å². The molecule has 17 heavy (non-hydrogen) atoms. The van der Waals surface area contributed by atoms with Crippen LogP contribution in [0.4, 0.5) is 13.2 Å². The Kier molecular flexibility index (Phi) is 2.92. The number of nitrogens with zero attached hydrogens (tertiary/aromatic N) is 3. The lowest BCUT2D eigenvalue weighted by Crippen LogP contribution is -2.11. The van der Waals surface area contributed by atoms with Gasteiger partial charge in [-0.2, -0.15) is 18.3 Å². The first kappa shape index (κ1) is 12.1. The summed E-state index contributed by atoms with van der Waals surface area (Å²) in [6, 6.07) is 0.988. The molecule has 2 N–H and O–H groups in total. The SMILES string of the molecule is Cn1ccc(C(N)c2cnc(C(F)(F)F)s2)n1. The van der Waals surface area contributed by atoms with Crippen molar-refractivity contribution in [3.8, 4) is 0 Å². The third kappa shape index (κ3) is 2.47. The van der Waals surface area contributed by atoms with Gasteiger partial charge in [0, 0.05) is 24.3 Å². The fourth-order valence-electron chi connectivity index (χ4n) is 1.31. The Morgan fingerprint density at radius 2 is 2.18 bits per heavy atom. The second kappa shape index (κ2) is 4.11. The van der Waals surface area contributed by atoms with E-state index >= 15 is 0 Å². The Hall–Kier alpha value is -1.41. The van der Waals surface area contributed by atoms with Crippen LogP contribution in [-0.2, 0) is 13.2 Å². The molecular formula is C9H9F3N4S. The standard InChI is InChI=1S/C9H9F3N4S/c1-16-3-2-5(15-16)7(13)6-4-14-8(17-6)9(10,11)12/h2-4,7H,13H2,1H3. The fraction of sp³-hybridized carbons (Fsp3) is 0.333. The highest BCUT2D eigenvalue weighted by Gasteiger charge is 2.35. The number of aryl methyl sites for hydroxylation is 1. The molecule has 0 fully saturated rings. The van der Waals surface area contributed by atoms with Crippen LogP contribution >= 0.6 is 11.3 Å². The van der Waals surface area contributed by atoms with Crippen LogP contribution in [0.5, 0.6) is 0 Å². The van der Waals surface area contributed by atoms with Crippen LogP contribution < -0.4 is 5.73 Å². The normalized spacial score (nSPS) is 13.9. The van der Waals surface area contributed by atoms with Gasteiger partial charge >= 0.3 is 6.18 Å². The number of nitrogens with two attached hydrogens (primary N) is 1. The van der Waals surface area contributed by atoms with Gasteiger partial charge in [0.2, 0.25) is 0 Å². The molecule has 0 bridgehead atoms. The number of alkyl halides is 3.